The number of halogens is 1. The molecule has 230 valence electrons. The summed E-state index contributed by atoms with van der Waals surface area (Å²) in [5.74, 6) is -0.194. The summed E-state index contributed by atoms with van der Waals surface area (Å²) < 4.78 is 17.4. The molecule has 0 fully saturated rings. The number of rotatable bonds is 14. The van der Waals surface area contributed by atoms with E-state index >= 15 is 0 Å². The molecule has 1 heterocycles. The average Bonchev–Trinajstić information content (AvgIpc) is 3.03. The first kappa shape index (κ1) is 32.3. The predicted octanol–water partition coefficient (Wildman–Crippen LogP) is 5.84. The lowest BCUT2D eigenvalue weighted by Crippen LogP contribution is -2.42. The number of carbonyl (C=O) groups excluding carboxylic acids is 1. The van der Waals surface area contributed by atoms with Gasteiger partial charge in [0, 0.05) is 24.1 Å². The zero-order chi connectivity index (χ0) is 31.6. The zero-order valence-electron chi connectivity index (χ0n) is 25.2. The topological polar surface area (TPSA) is 110 Å². The van der Waals surface area contributed by atoms with Crippen LogP contribution in [-0.4, -0.2) is 74.4 Å². The highest BCUT2D eigenvalue weighted by atomic mass is 35.5. The Morgan fingerprint density at radius 3 is 2.27 bits per heavy atom. The van der Waals surface area contributed by atoms with Gasteiger partial charge in [0.15, 0.2) is 0 Å². The molecule has 4 rings (SSSR count). The number of aliphatic carboxylic acids is 1. The fourth-order valence-corrected chi connectivity index (χ4v) is 4.90. The fraction of sp³-hybridized carbons (Fsp3) is 0.265. The van der Waals surface area contributed by atoms with Crippen LogP contribution in [-0.2, 0) is 11.2 Å². The highest BCUT2D eigenvalue weighted by Gasteiger charge is 2.24. The third kappa shape index (κ3) is 8.06. The van der Waals surface area contributed by atoms with E-state index in [1.165, 1.54) is 0 Å². The van der Waals surface area contributed by atoms with Gasteiger partial charge in [0.05, 0.1) is 37.1 Å². The number of carboxylic acids is 1. The molecular formula is C34H36ClN3O6. The molecule has 0 aliphatic rings. The molecule has 10 heteroatoms. The maximum atomic E-state index is 13.4. The van der Waals surface area contributed by atoms with Crippen molar-refractivity contribution in [3.8, 4) is 39.6 Å². The molecule has 0 bridgehead atoms. The van der Waals surface area contributed by atoms with Gasteiger partial charge in [-0.2, -0.15) is 0 Å². The number of pyridine rings is 1. The molecule has 0 spiro atoms. The van der Waals surface area contributed by atoms with E-state index in [0.717, 1.165) is 18.5 Å². The van der Waals surface area contributed by atoms with Gasteiger partial charge in [-0.3, -0.25) is 4.79 Å². The van der Waals surface area contributed by atoms with Crippen molar-refractivity contribution in [2.45, 2.75) is 18.9 Å². The van der Waals surface area contributed by atoms with Gasteiger partial charge in [0.1, 0.15) is 29.0 Å². The first-order valence-corrected chi connectivity index (χ1v) is 14.5. The summed E-state index contributed by atoms with van der Waals surface area (Å²) in [5.41, 5.74) is 3.17. The monoisotopic (exact) mass is 617 g/mol. The third-order valence-electron chi connectivity index (χ3n) is 6.92. The second-order valence-electron chi connectivity index (χ2n) is 10.3. The normalized spacial score (nSPS) is 11.6. The number of aromatic nitrogens is 1. The number of ether oxygens (including phenoxy) is 3. The smallest absolute Gasteiger partial charge is 0.326 e. The standard InChI is InChI=1S/C34H36ClN3O6/c1-38(2)18-9-19-44-30-21-23(14-16-25(30)35)32-24(31-28(42-3)12-8-13-29(31)43-4)15-17-26(36-32)33(39)37-27(34(40)41)20-22-10-6-5-7-11-22/h5-8,10-17,21,27H,9,18-20H2,1-4H3,(H,37,39)(H,40,41)/t27-/m0/s1. The van der Waals surface area contributed by atoms with E-state index in [2.05, 4.69) is 10.2 Å². The van der Waals surface area contributed by atoms with E-state index in [1.54, 1.807) is 44.6 Å². The highest BCUT2D eigenvalue weighted by molar-refractivity contribution is 6.32. The molecule has 3 aromatic carbocycles. The van der Waals surface area contributed by atoms with E-state index in [9.17, 15) is 14.7 Å². The molecule has 4 aromatic rings. The van der Waals surface area contributed by atoms with Crippen molar-refractivity contribution in [3.05, 3.63) is 95.1 Å². The molecule has 0 unspecified atom stereocenters. The van der Waals surface area contributed by atoms with Crippen LogP contribution < -0.4 is 19.5 Å². The number of hydrogen-bond acceptors (Lipinski definition) is 7. The van der Waals surface area contributed by atoms with Gasteiger partial charge in [-0.1, -0.05) is 54.1 Å². The molecular weight excluding hydrogens is 582 g/mol. The Kier molecular flexibility index (Phi) is 11.2. The van der Waals surface area contributed by atoms with Gasteiger partial charge < -0.3 is 29.5 Å². The molecule has 1 atom stereocenters. The molecule has 0 radical (unpaired) electrons. The lowest BCUT2D eigenvalue weighted by Gasteiger charge is -2.19. The zero-order valence-corrected chi connectivity index (χ0v) is 25.9. The number of carboxylic acid groups (broad SMARTS) is 1. The van der Waals surface area contributed by atoms with Crippen LogP contribution in [0.3, 0.4) is 0 Å². The molecule has 44 heavy (non-hydrogen) atoms. The molecule has 2 N–H and O–H groups in total. The number of methoxy groups -OCH3 is 2. The Hall–Kier alpha value is -4.60. The largest absolute Gasteiger partial charge is 0.496 e. The first-order chi connectivity index (χ1) is 21.2. The summed E-state index contributed by atoms with van der Waals surface area (Å²) in [5, 5.41) is 12.9. The number of amides is 1. The SMILES string of the molecule is COc1cccc(OC)c1-c1ccc(C(=O)N[C@@H](Cc2ccccc2)C(=O)O)nc1-c1ccc(Cl)c(OCCCN(C)C)c1. The van der Waals surface area contributed by atoms with E-state index in [4.69, 9.17) is 30.8 Å². The van der Waals surface area contributed by atoms with E-state index in [-0.39, 0.29) is 12.1 Å². The number of nitrogens with one attached hydrogen (secondary N) is 1. The van der Waals surface area contributed by atoms with E-state index < -0.39 is 17.9 Å². The Morgan fingerprint density at radius 1 is 0.932 bits per heavy atom. The lowest BCUT2D eigenvalue weighted by molar-refractivity contribution is -0.139. The van der Waals surface area contributed by atoms with Crippen molar-refractivity contribution in [2.75, 3.05) is 41.5 Å². The second-order valence-corrected chi connectivity index (χ2v) is 10.7. The molecule has 9 nitrogen and oxygen atoms in total. The Balaban J connectivity index is 1.77. The summed E-state index contributed by atoms with van der Waals surface area (Å²) >= 11 is 6.50. The number of nitrogens with zero attached hydrogens (tertiary/aromatic N) is 2. The minimum atomic E-state index is -1.15. The summed E-state index contributed by atoms with van der Waals surface area (Å²) in [7, 11) is 7.12. The molecule has 0 saturated carbocycles. The average molecular weight is 618 g/mol. The van der Waals surface area contributed by atoms with Crippen LogP contribution in [0.25, 0.3) is 22.4 Å². The summed E-state index contributed by atoms with van der Waals surface area (Å²) in [6.45, 7) is 1.32. The lowest BCUT2D eigenvalue weighted by atomic mass is 9.96. The Morgan fingerprint density at radius 2 is 1.64 bits per heavy atom. The Labute approximate surface area is 262 Å². The van der Waals surface area contributed by atoms with Crippen LogP contribution in [0.5, 0.6) is 17.2 Å². The molecule has 1 aromatic heterocycles. The van der Waals surface area contributed by atoms with Crippen LogP contribution in [0, 0.1) is 0 Å². The van der Waals surface area contributed by atoms with Gasteiger partial charge in [-0.15, -0.1) is 0 Å². The third-order valence-corrected chi connectivity index (χ3v) is 7.24. The molecule has 0 aliphatic carbocycles. The van der Waals surface area contributed by atoms with Crippen molar-refractivity contribution >= 4 is 23.5 Å². The number of hydrogen-bond donors (Lipinski definition) is 2. The van der Waals surface area contributed by atoms with Crippen LogP contribution in [0.15, 0.2) is 78.9 Å². The van der Waals surface area contributed by atoms with Crippen LogP contribution in [0.4, 0.5) is 0 Å². The van der Waals surface area contributed by atoms with Gasteiger partial charge in [-0.25, -0.2) is 9.78 Å². The Bertz CT molecular complexity index is 1570. The molecule has 1 amide bonds. The van der Waals surface area contributed by atoms with E-state index in [0.29, 0.717) is 51.3 Å². The minimum Gasteiger partial charge on any atom is -0.496 e. The fourth-order valence-electron chi connectivity index (χ4n) is 4.73. The van der Waals surface area contributed by atoms with Gasteiger partial charge >= 0.3 is 5.97 Å². The number of carbonyl (C=O) groups is 2. The number of benzene rings is 3. The van der Waals surface area contributed by atoms with E-state index in [1.807, 2.05) is 62.6 Å². The van der Waals surface area contributed by atoms with Crippen LogP contribution >= 0.6 is 11.6 Å². The summed E-state index contributed by atoms with van der Waals surface area (Å²) in [4.78, 5) is 32.3. The molecule has 0 saturated heterocycles. The van der Waals surface area contributed by atoms with Gasteiger partial charge in [-0.05, 0) is 62.5 Å². The molecule has 0 aliphatic heterocycles. The van der Waals surface area contributed by atoms with Crippen molar-refractivity contribution in [1.82, 2.24) is 15.2 Å². The van der Waals surface area contributed by atoms with Crippen LogP contribution in [0.2, 0.25) is 5.02 Å². The second kappa shape index (κ2) is 15.2. The quantitative estimate of drug-likeness (QED) is 0.170. The summed E-state index contributed by atoms with van der Waals surface area (Å²) in [6.07, 6.45) is 0.926. The van der Waals surface area contributed by atoms with Crippen LogP contribution in [0.1, 0.15) is 22.5 Å². The van der Waals surface area contributed by atoms with Gasteiger partial charge in [0.25, 0.3) is 5.91 Å². The predicted molar refractivity (Wildman–Crippen MR) is 171 cm³/mol. The van der Waals surface area contributed by atoms with Crippen molar-refractivity contribution in [3.63, 3.8) is 0 Å². The van der Waals surface area contributed by atoms with Crippen molar-refractivity contribution in [2.24, 2.45) is 0 Å². The highest BCUT2D eigenvalue weighted by Crippen LogP contribution is 2.43. The maximum Gasteiger partial charge on any atom is 0.326 e. The maximum absolute atomic E-state index is 13.4. The first-order valence-electron chi connectivity index (χ1n) is 14.1. The minimum absolute atomic E-state index is 0.0420. The van der Waals surface area contributed by atoms with Crippen molar-refractivity contribution < 1.29 is 28.9 Å². The van der Waals surface area contributed by atoms with Crippen molar-refractivity contribution in [1.29, 1.82) is 0 Å². The summed E-state index contributed by atoms with van der Waals surface area (Å²) in [6, 6.07) is 22.0. The van der Waals surface area contributed by atoms with Gasteiger partial charge in [0.2, 0.25) is 0 Å².